The molecule has 0 aliphatic rings. The van der Waals surface area contributed by atoms with Crippen molar-refractivity contribution in [3.05, 3.63) is 60.2 Å². The van der Waals surface area contributed by atoms with Crippen molar-refractivity contribution in [1.82, 2.24) is 0 Å². The summed E-state index contributed by atoms with van der Waals surface area (Å²) >= 11 is 0. The van der Waals surface area contributed by atoms with Crippen LogP contribution < -0.4 is 9.46 Å². The number of carbonyl (C=O) groups excluding carboxylic acids is 1. The first-order chi connectivity index (χ1) is 11.5. The molecule has 6 nitrogen and oxygen atoms in total. The topological polar surface area (TPSA) is 81.7 Å². The maximum absolute atomic E-state index is 12.5. The molecule has 2 rings (SSSR count). The van der Waals surface area contributed by atoms with E-state index < -0.39 is 16.0 Å². The molecule has 0 atom stereocenters. The Hall–Kier alpha value is -2.80. The number of para-hydroxylation sites is 2. The van der Waals surface area contributed by atoms with E-state index in [1.165, 1.54) is 38.5 Å². The summed E-state index contributed by atoms with van der Waals surface area (Å²) in [5.74, 6) is -0.0989. The maximum atomic E-state index is 12.5. The summed E-state index contributed by atoms with van der Waals surface area (Å²) in [6, 6.07) is 12.9. The van der Waals surface area contributed by atoms with E-state index in [1.54, 1.807) is 36.4 Å². The number of sulfonamides is 1. The SMILES string of the molecule is COC(=O)/C=C/c1cccc(S(=O)(=O)Nc2ccccc2OC)c1. The van der Waals surface area contributed by atoms with Crippen molar-refractivity contribution in [1.29, 1.82) is 0 Å². The molecular formula is C17H17NO5S. The number of ether oxygens (including phenoxy) is 2. The van der Waals surface area contributed by atoms with Gasteiger partial charge in [-0.3, -0.25) is 4.72 Å². The molecule has 0 aliphatic heterocycles. The van der Waals surface area contributed by atoms with Gasteiger partial charge in [0.15, 0.2) is 0 Å². The molecule has 7 heteroatoms. The van der Waals surface area contributed by atoms with E-state index in [1.807, 2.05) is 0 Å². The standard InChI is InChI=1S/C17H17NO5S/c1-22-16-9-4-3-8-15(16)18-24(20,21)14-7-5-6-13(12-14)10-11-17(19)23-2/h3-12,18H,1-2H3/b11-10+. The highest BCUT2D eigenvalue weighted by Crippen LogP contribution is 2.26. The Labute approximate surface area is 140 Å². The average Bonchev–Trinajstić information content (AvgIpc) is 2.60. The summed E-state index contributed by atoms with van der Waals surface area (Å²) in [6.45, 7) is 0. The Morgan fingerprint density at radius 3 is 2.54 bits per heavy atom. The molecule has 2 aromatic rings. The molecule has 1 N–H and O–H groups in total. The van der Waals surface area contributed by atoms with Gasteiger partial charge >= 0.3 is 5.97 Å². The predicted molar refractivity (Wildman–Crippen MR) is 91.3 cm³/mol. The monoisotopic (exact) mass is 347 g/mol. The van der Waals surface area contributed by atoms with Crippen molar-refractivity contribution < 1.29 is 22.7 Å². The van der Waals surface area contributed by atoms with Crippen molar-refractivity contribution in [3.8, 4) is 5.75 Å². The molecule has 0 saturated carbocycles. The quantitative estimate of drug-likeness (QED) is 0.642. The van der Waals surface area contributed by atoms with Gasteiger partial charge in [-0.15, -0.1) is 0 Å². The van der Waals surface area contributed by atoms with Crippen LogP contribution in [-0.2, 0) is 19.6 Å². The molecule has 24 heavy (non-hydrogen) atoms. The number of benzene rings is 2. The van der Waals surface area contributed by atoms with Gasteiger partial charge in [0.2, 0.25) is 0 Å². The summed E-state index contributed by atoms with van der Waals surface area (Å²) in [5, 5.41) is 0. The first-order valence-corrected chi connectivity index (χ1v) is 8.46. The second-order valence-corrected chi connectivity index (χ2v) is 6.42. The zero-order valence-corrected chi connectivity index (χ0v) is 14.0. The van der Waals surface area contributed by atoms with Crippen LogP contribution in [0.15, 0.2) is 59.5 Å². The second kappa shape index (κ2) is 7.65. The average molecular weight is 347 g/mol. The Kier molecular flexibility index (Phi) is 5.59. The van der Waals surface area contributed by atoms with E-state index in [9.17, 15) is 13.2 Å². The molecule has 0 bridgehead atoms. The number of hydrogen-bond acceptors (Lipinski definition) is 5. The van der Waals surface area contributed by atoms with Gasteiger partial charge in [0.05, 0.1) is 24.8 Å². The van der Waals surface area contributed by atoms with E-state index in [-0.39, 0.29) is 4.90 Å². The normalized spacial score (nSPS) is 11.2. The fourth-order valence-electron chi connectivity index (χ4n) is 1.95. The molecule has 0 radical (unpaired) electrons. The minimum atomic E-state index is -3.79. The molecule has 0 aromatic heterocycles. The van der Waals surface area contributed by atoms with Crippen LogP contribution in [0.2, 0.25) is 0 Å². The van der Waals surface area contributed by atoms with E-state index in [2.05, 4.69) is 9.46 Å². The van der Waals surface area contributed by atoms with Gasteiger partial charge in [-0.1, -0.05) is 24.3 Å². The van der Waals surface area contributed by atoms with Gasteiger partial charge in [-0.2, -0.15) is 0 Å². The summed E-state index contributed by atoms with van der Waals surface area (Å²) < 4.78 is 37.2. The van der Waals surface area contributed by atoms with Gasteiger partial charge in [0, 0.05) is 6.08 Å². The second-order valence-electron chi connectivity index (χ2n) is 4.73. The van der Waals surface area contributed by atoms with Crippen LogP contribution in [0.5, 0.6) is 5.75 Å². The molecule has 0 heterocycles. The Balaban J connectivity index is 2.29. The predicted octanol–water partition coefficient (Wildman–Crippen LogP) is 2.68. The minimum absolute atomic E-state index is 0.0698. The van der Waals surface area contributed by atoms with Crippen molar-refractivity contribution in [3.63, 3.8) is 0 Å². The number of nitrogens with one attached hydrogen (secondary N) is 1. The number of methoxy groups -OCH3 is 2. The Morgan fingerprint density at radius 2 is 1.83 bits per heavy atom. The van der Waals surface area contributed by atoms with Gasteiger partial charge in [-0.25, -0.2) is 13.2 Å². The van der Waals surface area contributed by atoms with Crippen LogP contribution in [0.4, 0.5) is 5.69 Å². The van der Waals surface area contributed by atoms with Crippen LogP contribution in [-0.4, -0.2) is 28.6 Å². The van der Waals surface area contributed by atoms with Gasteiger partial charge in [0.25, 0.3) is 10.0 Å². The highest BCUT2D eigenvalue weighted by atomic mass is 32.2. The van der Waals surface area contributed by atoms with E-state index >= 15 is 0 Å². The van der Waals surface area contributed by atoms with Gasteiger partial charge < -0.3 is 9.47 Å². The Bertz CT molecular complexity index is 859. The molecular weight excluding hydrogens is 330 g/mol. The molecule has 0 unspecified atom stereocenters. The number of anilines is 1. The van der Waals surface area contributed by atoms with Crippen LogP contribution in [0.3, 0.4) is 0 Å². The van der Waals surface area contributed by atoms with Gasteiger partial charge in [-0.05, 0) is 35.9 Å². The molecule has 0 fully saturated rings. The van der Waals surface area contributed by atoms with Crippen molar-refractivity contribution in [2.45, 2.75) is 4.90 Å². The number of carbonyl (C=O) groups is 1. The highest BCUT2D eigenvalue weighted by molar-refractivity contribution is 7.92. The molecule has 0 spiro atoms. The third-order valence-electron chi connectivity index (χ3n) is 3.13. The third kappa shape index (κ3) is 4.36. The summed E-state index contributed by atoms with van der Waals surface area (Å²) in [6.07, 6.45) is 2.70. The van der Waals surface area contributed by atoms with Crippen molar-refractivity contribution in [2.24, 2.45) is 0 Å². The van der Waals surface area contributed by atoms with Crippen LogP contribution in [0.25, 0.3) is 6.08 Å². The lowest BCUT2D eigenvalue weighted by Crippen LogP contribution is -2.13. The number of hydrogen-bond donors (Lipinski definition) is 1. The van der Waals surface area contributed by atoms with Crippen molar-refractivity contribution in [2.75, 3.05) is 18.9 Å². The smallest absolute Gasteiger partial charge is 0.330 e. The number of rotatable bonds is 6. The van der Waals surface area contributed by atoms with E-state index in [0.717, 1.165) is 0 Å². The zero-order valence-electron chi connectivity index (χ0n) is 13.2. The van der Waals surface area contributed by atoms with Crippen LogP contribution in [0, 0.1) is 0 Å². The zero-order chi connectivity index (χ0) is 17.6. The lowest BCUT2D eigenvalue weighted by Gasteiger charge is -2.11. The molecule has 2 aromatic carbocycles. The third-order valence-corrected chi connectivity index (χ3v) is 4.50. The van der Waals surface area contributed by atoms with E-state index in [0.29, 0.717) is 17.0 Å². The molecule has 126 valence electrons. The summed E-state index contributed by atoms with van der Waals surface area (Å²) in [7, 11) is -1.06. The number of esters is 1. The molecule has 0 saturated heterocycles. The van der Waals surface area contributed by atoms with Crippen LogP contribution in [0.1, 0.15) is 5.56 Å². The van der Waals surface area contributed by atoms with E-state index in [4.69, 9.17) is 4.74 Å². The lowest BCUT2D eigenvalue weighted by molar-refractivity contribution is -0.134. The molecule has 0 amide bonds. The van der Waals surface area contributed by atoms with Crippen molar-refractivity contribution >= 4 is 27.8 Å². The largest absolute Gasteiger partial charge is 0.495 e. The molecule has 0 aliphatic carbocycles. The minimum Gasteiger partial charge on any atom is -0.495 e. The lowest BCUT2D eigenvalue weighted by atomic mass is 10.2. The van der Waals surface area contributed by atoms with Gasteiger partial charge in [0.1, 0.15) is 5.75 Å². The maximum Gasteiger partial charge on any atom is 0.330 e. The highest BCUT2D eigenvalue weighted by Gasteiger charge is 2.16. The summed E-state index contributed by atoms with van der Waals surface area (Å²) in [5.41, 5.74) is 0.902. The van der Waals surface area contributed by atoms with Crippen LogP contribution >= 0.6 is 0 Å². The Morgan fingerprint density at radius 1 is 1.08 bits per heavy atom. The first-order valence-electron chi connectivity index (χ1n) is 6.98. The summed E-state index contributed by atoms with van der Waals surface area (Å²) in [4.78, 5) is 11.2. The first kappa shape index (κ1) is 17.6. The fourth-order valence-corrected chi connectivity index (χ4v) is 3.08. The fraction of sp³-hybridized carbons (Fsp3) is 0.118.